The van der Waals surface area contributed by atoms with Crippen LogP contribution in [-0.4, -0.2) is 6.29 Å². The van der Waals surface area contributed by atoms with Crippen molar-refractivity contribution in [2.75, 3.05) is 0 Å². The van der Waals surface area contributed by atoms with Gasteiger partial charge in [0.2, 0.25) is 0 Å². The fourth-order valence-electron chi connectivity index (χ4n) is 2.34. The fourth-order valence-corrected chi connectivity index (χ4v) is 2.34. The highest BCUT2D eigenvalue weighted by atomic mass is 16.1. The van der Waals surface area contributed by atoms with E-state index >= 15 is 0 Å². The lowest BCUT2D eigenvalue weighted by Crippen LogP contribution is -2.04. The molecule has 0 N–H and O–H groups in total. The molecule has 0 heterocycles. The van der Waals surface area contributed by atoms with Gasteiger partial charge in [0, 0.05) is 5.92 Å². The van der Waals surface area contributed by atoms with Crippen molar-refractivity contribution in [1.82, 2.24) is 0 Å². The number of carbonyl (C=O) groups excluding carboxylic acids is 1. The van der Waals surface area contributed by atoms with Crippen LogP contribution < -0.4 is 0 Å². The third-order valence-electron chi connectivity index (χ3n) is 3.38. The summed E-state index contributed by atoms with van der Waals surface area (Å²) in [5, 5.41) is 0. The number of fused-ring (bicyclic) bond motifs is 1. The third kappa shape index (κ3) is 2.28. The lowest BCUT2D eigenvalue weighted by Gasteiger charge is -2.08. The van der Waals surface area contributed by atoms with Gasteiger partial charge in [0.05, 0.1) is 0 Å². The van der Waals surface area contributed by atoms with Gasteiger partial charge in [0.1, 0.15) is 6.29 Å². The van der Waals surface area contributed by atoms with Crippen LogP contribution in [-0.2, 0) is 24.1 Å². The van der Waals surface area contributed by atoms with Gasteiger partial charge in [-0.1, -0.05) is 25.1 Å². The number of hydrogen-bond acceptors (Lipinski definition) is 1. The Balaban J connectivity index is 2.12. The summed E-state index contributed by atoms with van der Waals surface area (Å²) in [7, 11) is 0. The van der Waals surface area contributed by atoms with Crippen molar-refractivity contribution in [3.05, 3.63) is 34.9 Å². The largest absolute Gasteiger partial charge is 0.303 e. The van der Waals surface area contributed by atoms with Gasteiger partial charge in [-0.2, -0.15) is 0 Å². The molecule has 0 saturated heterocycles. The zero-order valence-electron chi connectivity index (χ0n) is 9.33. The minimum atomic E-state index is 0.199. The Morgan fingerprint density at radius 1 is 1.33 bits per heavy atom. The van der Waals surface area contributed by atoms with E-state index in [1.807, 2.05) is 0 Å². The second-order valence-electron chi connectivity index (χ2n) is 4.47. The van der Waals surface area contributed by atoms with Crippen LogP contribution in [0.25, 0.3) is 0 Å². The first kappa shape index (κ1) is 10.4. The minimum Gasteiger partial charge on any atom is -0.303 e. The molecule has 0 fully saturated rings. The van der Waals surface area contributed by atoms with Crippen LogP contribution in [0.3, 0.4) is 0 Å². The summed E-state index contributed by atoms with van der Waals surface area (Å²) in [6.45, 7) is 2.08. The quantitative estimate of drug-likeness (QED) is 0.686. The summed E-state index contributed by atoms with van der Waals surface area (Å²) in [4.78, 5) is 10.8. The summed E-state index contributed by atoms with van der Waals surface area (Å²) in [6, 6.07) is 6.74. The third-order valence-corrected chi connectivity index (χ3v) is 3.38. The lowest BCUT2D eigenvalue weighted by atomic mass is 9.96. The summed E-state index contributed by atoms with van der Waals surface area (Å²) in [5.41, 5.74) is 4.35. The molecule has 0 saturated carbocycles. The maximum absolute atomic E-state index is 10.8. The van der Waals surface area contributed by atoms with Gasteiger partial charge in [0.25, 0.3) is 0 Å². The molecule has 1 aromatic rings. The normalized spacial score (nSPS) is 16.1. The molecule has 1 aromatic carbocycles. The van der Waals surface area contributed by atoms with E-state index in [9.17, 15) is 4.79 Å². The number of rotatable bonds is 4. The van der Waals surface area contributed by atoms with Gasteiger partial charge < -0.3 is 4.79 Å². The first-order valence-electron chi connectivity index (χ1n) is 5.89. The Bertz CT molecular complexity index is 354. The highest BCUT2D eigenvalue weighted by Crippen LogP contribution is 2.24. The Kier molecular flexibility index (Phi) is 3.20. The molecule has 0 spiro atoms. The average molecular weight is 202 g/mol. The number of aryl methyl sites for hydroxylation is 2. The zero-order chi connectivity index (χ0) is 10.7. The number of hydrogen-bond donors (Lipinski definition) is 0. The van der Waals surface area contributed by atoms with Crippen molar-refractivity contribution in [2.45, 2.75) is 39.0 Å². The number of carbonyl (C=O) groups is 1. The van der Waals surface area contributed by atoms with Crippen LogP contribution in [0, 0.1) is 5.92 Å². The highest BCUT2D eigenvalue weighted by molar-refractivity contribution is 5.54. The van der Waals surface area contributed by atoms with E-state index in [1.54, 1.807) is 0 Å². The Morgan fingerprint density at radius 3 is 2.87 bits per heavy atom. The Labute approximate surface area is 91.5 Å². The summed E-state index contributed by atoms with van der Waals surface area (Å²) in [6.07, 6.45) is 6.70. The van der Waals surface area contributed by atoms with Crippen molar-refractivity contribution >= 4 is 6.29 Å². The molecule has 1 aliphatic carbocycles. The van der Waals surface area contributed by atoms with Gasteiger partial charge in [0.15, 0.2) is 0 Å². The van der Waals surface area contributed by atoms with E-state index in [-0.39, 0.29) is 5.92 Å². The topological polar surface area (TPSA) is 17.1 Å². The molecule has 0 aliphatic heterocycles. The summed E-state index contributed by atoms with van der Waals surface area (Å²) in [5.74, 6) is 0.199. The van der Waals surface area contributed by atoms with Gasteiger partial charge in [-0.15, -0.1) is 0 Å². The maximum Gasteiger partial charge on any atom is 0.123 e. The molecule has 80 valence electrons. The van der Waals surface area contributed by atoms with Crippen LogP contribution in [0.15, 0.2) is 18.2 Å². The van der Waals surface area contributed by atoms with E-state index in [0.717, 1.165) is 19.1 Å². The number of aldehydes is 1. The Morgan fingerprint density at radius 2 is 2.13 bits per heavy atom. The standard InChI is InChI=1S/C14H18O/c1-2-11(10-15)8-12-6-7-13-4-3-5-14(13)9-12/h6-7,9-11H,2-5,8H2,1H3. The van der Waals surface area contributed by atoms with E-state index in [0.29, 0.717) is 0 Å². The van der Waals surface area contributed by atoms with Gasteiger partial charge in [-0.3, -0.25) is 0 Å². The van der Waals surface area contributed by atoms with Crippen LogP contribution in [0.2, 0.25) is 0 Å². The molecule has 0 radical (unpaired) electrons. The highest BCUT2D eigenvalue weighted by Gasteiger charge is 2.12. The van der Waals surface area contributed by atoms with Gasteiger partial charge in [-0.25, -0.2) is 0 Å². The van der Waals surface area contributed by atoms with E-state index in [2.05, 4.69) is 25.1 Å². The molecule has 2 rings (SSSR count). The van der Waals surface area contributed by atoms with E-state index < -0.39 is 0 Å². The van der Waals surface area contributed by atoms with E-state index in [1.165, 1.54) is 36.0 Å². The first-order valence-corrected chi connectivity index (χ1v) is 5.89. The smallest absolute Gasteiger partial charge is 0.123 e. The van der Waals surface area contributed by atoms with Crippen LogP contribution in [0.5, 0.6) is 0 Å². The fraction of sp³-hybridized carbons (Fsp3) is 0.500. The maximum atomic E-state index is 10.8. The van der Waals surface area contributed by atoms with Crippen LogP contribution >= 0.6 is 0 Å². The van der Waals surface area contributed by atoms with Crippen LogP contribution in [0.1, 0.15) is 36.5 Å². The molecule has 1 heteroatoms. The summed E-state index contributed by atoms with van der Waals surface area (Å²) < 4.78 is 0. The van der Waals surface area contributed by atoms with Gasteiger partial charge >= 0.3 is 0 Å². The van der Waals surface area contributed by atoms with Crippen molar-refractivity contribution < 1.29 is 4.79 Å². The van der Waals surface area contributed by atoms with Gasteiger partial charge in [-0.05, 0) is 48.8 Å². The molecule has 0 amide bonds. The molecule has 1 nitrogen and oxygen atoms in total. The van der Waals surface area contributed by atoms with Crippen molar-refractivity contribution in [1.29, 1.82) is 0 Å². The molecule has 0 bridgehead atoms. The molecule has 15 heavy (non-hydrogen) atoms. The molecule has 1 atom stereocenters. The lowest BCUT2D eigenvalue weighted by molar-refractivity contribution is -0.111. The molecule has 1 unspecified atom stereocenters. The predicted octanol–water partition coefficient (Wildman–Crippen LogP) is 2.94. The SMILES string of the molecule is CCC(C=O)Cc1ccc2c(c1)CCC2. The molecule has 0 aromatic heterocycles. The predicted molar refractivity (Wildman–Crippen MR) is 62.0 cm³/mol. The molecule has 1 aliphatic rings. The molecular formula is C14H18O. The molecular weight excluding hydrogens is 184 g/mol. The summed E-state index contributed by atoms with van der Waals surface area (Å²) >= 11 is 0. The second-order valence-corrected chi connectivity index (χ2v) is 4.47. The zero-order valence-corrected chi connectivity index (χ0v) is 9.33. The van der Waals surface area contributed by atoms with Crippen molar-refractivity contribution in [2.24, 2.45) is 5.92 Å². The van der Waals surface area contributed by atoms with Crippen LogP contribution in [0.4, 0.5) is 0 Å². The minimum absolute atomic E-state index is 0.199. The number of benzene rings is 1. The van der Waals surface area contributed by atoms with Crippen molar-refractivity contribution in [3.63, 3.8) is 0 Å². The van der Waals surface area contributed by atoms with E-state index in [4.69, 9.17) is 0 Å². The first-order chi connectivity index (χ1) is 7.33. The average Bonchev–Trinajstić information content (AvgIpc) is 2.73. The Hall–Kier alpha value is -1.11. The monoisotopic (exact) mass is 202 g/mol. The second kappa shape index (κ2) is 4.61. The van der Waals surface area contributed by atoms with Crippen molar-refractivity contribution in [3.8, 4) is 0 Å².